The molecular weight excluding hydrogens is 378 g/mol. The van der Waals surface area contributed by atoms with Gasteiger partial charge in [-0.05, 0) is 35.6 Å². The van der Waals surface area contributed by atoms with Gasteiger partial charge < -0.3 is 10.6 Å². The van der Waals surface area contributed by atoms with Crippen LogP contribution in [-0.2, 0) is 17.6 Å². The van der Waals surface area contributed by atoms with E-state index in [0.29, 0.717) is 11.8 Å². The number of nitrogens with one attached hydrogen (secondary N) is 2. The van der Waals surface area contributed by atoms with Crippen molar-refractivity contribution in [2.24, 2.45) is 11.8 Å². The van der Waals surface area contributed by atoms with E-state index in [-0.39, 0.29) is 28.9 Å². The fourth-order valence-corrected chi connectivity index (χ4v) is 3.53. The van der Waals surface area contributed by atoms with Crippen molar-refractivity contribution < 1.29 is 22.4 Å². The predicted molar refractivity (Wildman–Crippen MR) is 92.4 cm³/mol. The van der Waals surface area contributed by atoms with Crippen LogP contribution in [0.2, 0.25) is 0 Å². The van der Waals surface area contributed by atoms with Crippen LogP contribution in [0.4, 0.5) is 17.6 Å². The number of carbonyl (C=O) groups is 1. The zero-order valence-corrected chi connectivity index (χ0v) is 14.6. The number of aromatic nitrogens is 3. The molecule has 1 aromatic heterocycles. The second kappa shape index (κ2) is 7.01. The molecule has 2 aliphatic rings. The third-order valence-electron chi connectivity index (χ3n) is 5.02. The monoisotopic (exact) mass is 395 g/mol. The maximum Gasteiger partial charge on any atom is 0.416 e. The van der Waals surface area contributed by atoms with Gasteiger partial charge in [0.1, 0.15) is 13.0 Å². The Morgan fingerprint density at radius 3 is 2.71 bits per heavy atom. The minimum Gasteiger partial charge on any atom is -0.349 e. The molecular formula is C18H17F4N5O. The Balaban J connectivity index is 1.46. The molecule has 6 nitrogen and oxygen atoms in total. The molecule has 1 saturated carbocycles. The minimum absolute atomic E-state index is 0.00802. The van der Waals surface area contributed by atoms with Crippen LogP contribution < -0.4 is 10.6 Å². The van der Waals surface area contributed by atoms with Crippen LogP contribution in [0.15, 0.2) is 30.6 Å². The Kier molecular flexibility index (Phi) is 4.66. The molecule has 10 heteroatoms. The molecule has 0 spiro atoms. The highest BCUT2D eigenvalue weighted by Gasteiger charge is 2.53. The summed E-state index contributed by atoms with van der Waals surface area (Å²) in [7, 11) is 0. The summed E-state index contributed by atoms with van der Waals surface area (Å²) >= 11 is 0. The smallest absolute Gasteiger partial charge is 0.349 e. The normalized spacial score (nSPS) is 23.8. The highest BCUT2D eigenvalue weighted by atomic mass is 19.4. The summed E-state index contributed by atoms with van der Waals surface area (Å²) < 4.78 is 53.1. The maximum absolute atomic E-state index is 13.0. The average molecular weight is 395 g/mol. The molecule has 0 radical (unpaired) electrons. The van der Waals surface area contributed by atoms with Gasteiger partial charge in [0.25, 0.3) is 0 Å². The van der Waals surface area contributed by atoms with Crippen molar-refractivity contribution in [1.82, 2.24) is 25.4 Å². The highest BCUT2D eigenvalue weighted by Crippen LogP contribution is 2.41. The van der Waals surface area contributed by atoms with Crippen molar-refractivity contribution in [2.45, 2.75) is 18.9 Å². The van der Waals surface area contributed by atoms with Crippen molar-refractivity contribution >= 4 is 12.1 Å². The van der Waals surface area contributed by atoms with Gasteiger partial charge in [0, 0.05) is 37.0 Å². The van der Waals surface area contributed by atoms with E-state index >= 15 is 0 Å². The lowest BCUT2D eigenvalue weighted by Gasteiger charge is -2.09. The summed E-state index contributed by atoms with van der Waals surface area (Å²) in [5.74, 6) is 0.714. The fourth-order valence-electron chi connectivity index (χ4n) is 3.53. The van der Waals surface area contributed by atoms with Crippen molar-refractivity contribution in [1.29, 1.82) is 0 Å². The van der Waals surface area contributed by atoms with E-state index in [4.69, 9.17) is 0 Å². The van der Waals surface area contributed by atoms with Gasteiger partial charge in [0.2, 0.25) is 5.91 Å². The van der Waals surface area contributed by atoms with Gasteiger partial charge in [-0.15, -0.1) is 5.10 Å². The van der Waals surface area contributed by atoms with Crippen molar-refractivity contribution in [3.8, 4) is 11.4 Å². The van der Waals surface area contributed by atoms with Gasteiger partial charge in [-0.1, -0.05) is 0 Å². The molecule has 2 atom stereocenters. The lowest BCUT2D eigenvalue weighted by atomic mass is 10.1. The molecule has 1 aliphatic carbocycles. The first-order valence-electron chi connectivity index (χ1n) is 8.73. The molecule has 2 heterocycles. The van der Waals surface area contributed by atoms with Gasteiger partial charge in [0.15, 0.2) is 5.82 Å². The van der Waals surface area contributed by atoms with E-state index in [9.17, 15) is 22.4 Å². The lowest BCUT2D eigenvalue weighted by Crippen LogP contribution is -2.31. The summed E-state index contributed by atoms with van der Waals surface area (Å²) in [5, 5.41) is 10.2. The van der Waals surface area contributed by atoms with E-state index < -0.39 is 18.4 Å². The number of hydrogen-bond acceptors (Lipinski definition) is 4. The largest absolute Gasteiger partial charge is 0.416 e. The highest BCUT2D eigenvalue weighted by molar-refractivity contribution is 5.90. The number of piperidine rings is 1. The van der Waals surface area contributed by atoms with Crippen molar-refractivity contribution in [3.63, 3.8) is 0 Å². The fraction of sp³-hybridized carbons (Fsp3) is 0.389. The third kappa shape index (κ3) is 3.77. The van der Waals surface area contributed by atoms with E-state index in [1.54, 1.807) is 0 Å². The number of rotatable bonds is 5. The van der Waals surface area contributed by atoms with Gasteiger partial charge in [-0.2, -0.15) is 13.2 Å². The van der Waals surface area contributed by atoms with Crippen LogP contribution in [0.5, 0.6) is 0 Å². The number of benzene rings is 1. The third-order valence-corrected chi connectivity index (χ3v) is 5.02. The molecule has 1 saturated heterocycles. The number of carbonyl (C=O) groups excluding carboxylic acids is 1. The zero-order chi connectivity index (χ0) is 19.9. The van der Waals surface area contributed by atoms with Crippen LogP contribution in [0, 0.1) is 11.8 Å². The molecule has 1 aromatic carbocycles. The predicted octanol–water partition coefficient (Wildman–Crippen LogP) is 2.24. The summed E-state index contributed by atoms with van der Waals surface area (Å²) in [5.41, 5.74) is -1.02. The SMILES string of the molecule is O=C(/C=C\n1cnc(-c2cc(CF)cc(C(F)(F)F)c2)n1)NC1C2CNCC21. The van der Waals surface area contributed by atoms with Crippen molar-refractivity contribution in [2.75, 3.05) is 13.1 Å². The first-order chi connectivity index (χ1) is 13.3. The van der Waals surface area contributed by atoms with E-state index in [0.717, 1.165) is 25.2 Å². The summed E-state index contributed by atoms with van der Waals surface area (Å²) in [4.78, 5) is 15.9. The average Bonchev–Trinajstić information content (AvgIpc) is 3.08. The van der Waals surface area contributed by atoms with Gasteiger partial charge >= 0.3 is 6.18 Å². The molecule has 0 bridgehead atoms. The minimum atomic E-state index is -4.60. The van der Waals surface area contributed by atoms with Crippen LogP contribution in [-0.4, -0.2) is 39.8 Å². The number of fused-ring (bicyclic) bond motifs is 1. The Morgan fingerprint density at radius 1 is 1.29 bits per heavy atom. The zero-order valence-electron chi connectivity index (χ0n) is 14.6. The first-order valence-corrected chi connectivity index (χ1v) is 8.73. The molecule has 2 N–H and O–H groups in total. The first kappa shape index (κ1) is 18.6. The van der Waals surface area contributed by atoms with Crippen LogP contribution in [0.1, 0.15) is 11.1 Å². The molecule has 2 fully saturated rings. The van der Waals surface area contributed by atoms with Gasteiger partial charge in [-0.3, -0.25) is 4.79 Å². The number of hydrogen-bond donors (Lipinski definition) is 2. The second-order valence-corrected chi connectivity index (χ2v) is 6.93. The number of alkyl halides is 4. The molecule has 148 valence electrons. The van der Waals surface area contributed by atoms with Crippen LogP contribution in [0.3, 0.4) is 0 Å². The number of halogens is 4. The molecule has 4 rings (SSSR count). The standard InChI is InChI=1S/C18H17F4N5O/c19-6-10-3-11(5-12(4-10)18(20,21)22)17-24-9-27(26-17)2-1-15(28)25-16-13-7-23-8-14(13)16/h1-5,9,13-14,16,23H,6-8H2,(H,25,28)/b2-1-. The summed E-state index contributed by atoms with van der Waals surface area (Å²) in [6.45, 7) is 0.781. The molecule has 28 heavy (non-hydrogen) atoms. The second-order valence-electron chi connectivity index (χ2n) is 6.93. The Bertz CT molecular complexity index is 913. The Hall–Kier alpha value is -2.75. The van der Waals surface area contributed by atoms with E-state index in [1.807, 2.05) is 0 Å². The molecule has 1 amide bonds. The van der Waals surface area contributed by atoms with E-state index in [2.05, 4.69) is 20.7 Å². The van der Waals surface area contributed by atoms with Crippen LogP contribution in [0.25, 0.3) is 17.6 Å². The maximum atomic E-state index is 13.0. The summed E-state index contributed by atoms with van der Waals surface area (Å²) in [6, 6.07) is 3.09. The van der Waals surface area contributed by atoms with Crippen LogP contribution >= 0.6 is 0 Å². The van der Waals surface area contributed by atoms with Gasteiger partial charge in [-0.25, -0.2) is 14.1 Å². The topological polar surface area (TPSA) is 71.8 Å². The van der Waals surface area contributed by atoms with Gasteiger partial charge in [0.05, 0.1) is 5.56 Å². The number of amides is 1. The summed E-state index contributed by atoms with van der Waals surface area (Å²) in [6.07, 6.45) is -0.674. The molecule has 2 unspecified atom stereocenters. The van der Waals surface area contributed by atoms with E-state index in [1.165, 1.54) is 29.4 Å². The quantitative estimate of drug-likeness (QED) is 0.602. The molecule has 2 aromatic rings. The Morgan fingerprint density at radius 2 is 2.04 bits per heavy atom. The Labute approximate surface area is 157 Å². The molecule has 1 aliphatic heterocycles. The number of nitrogens with zero attached hydrogens (tertiary/aromatic N) is 3. The van der Waals surface area contributed by atoms with Crippen molar-refractivity contribution in [3.05, 3.63) is 41.7 Å². The lowest BCUT2D eigenvalue weighted by molar-refractivity contribution is -0.137.